The minimum atomic E-state index is -5.10. The number of rotatable bonds is 27. The normalized spacial score (nSPS) is 15.8. The highest BCUT2D eigenvalue weighted by molar-refractivity contribution is 7.88. The van der Waals surface area contributed by atoms with Gasteiger partial charge in [0, 0.05) is 67.5 Å². The van der Waals surface area contributed by atoms with Crippen LogP contribution in [0.25, 0.3) is 21.6 Å². The predicted molar refractivity (Wildman–Crippen MR) is 323 cm³/mol. The highest BCUT2D eigenvalue weighted by Crippen LogP contribution is 2.53. The van der Waals surface area contributed by atoms with E-state index in [4.69, 9.17) is 4.84 Å². The maximum absolute atomic E-state index is 18.3. The fraction of sp³-hybridized carbons (Fsp3) is 0.404. The first-order chi connectivity index (χ1) is 41.8. The maximum Gasteiger partial charge on any atom is 0.737 e. The molecule has 0 spiro atoms. The lowest BCUT2D eigenvalue weighted by molar-refractivity contribution is -0.363. The molecule has 38 heteroatoms. The molecule has 0 fully saturated rings. The fourth-order valence-electron chi connectivity index (χ4n) is 10.6. The van der Waals surface area contributed by atoms with Crippen molar-refractivity contribution in [3.8, 4) is 22.2 Å². The summed E-state index contributed by atoms with van der Waals surface area (Å²) in [5.41, 5.74) is -0.776. The lowest BCUT2D eigenvalue weighted by atomic mass is 9.81. The molecule has 3 aliphatic rings. The first kappa shape index (κ1) is 70.0. The van der Waals surface area contributed by atoms with E-state index in [9.17, 15) is 90.9 Å². The standard InChI is InChI=1S/C52H63BF2N8O21S6/c1-7-9-20-57-48(67)32-22-39(89(78,79)80)85-46(32)41-26(3)44-43(30-14-16-31(17-15-30)52(71)84-63-37(65)18-19-38(63)66)45-27(4)42(29(6)62(45)53(54,55)61(44)28(41)5)47-33(23-40(86-47)90(81,82)83)49(68)58-21-12-10-11-13-36(64)59-35(25-88(75,76)77)51(70)60-34(24-87(72,73)74)50(69)56-8-2/h14,16,18-19,22-23,34-35,65-66H,7-13,15,17,20-21,24-25H2,1-6H3,(H,56,69)(H,57,67)(H,58,68)(H,59,64)(H,60,70)(H,72,73,74)(H,75,76,77)(H,78,79,80)(H,81,82,83). The molecule has 2 atom stereocenters. The van der Waals surface area contributed by atoms with E-state index in [0.717, 1.165) is 28.8 Å². The van der Waals surface area contributed by atoms with Crippen LogP contribution in [0.3, 0.4) is 0 Å². The zero-order valence-corrected chi connectivity index (χ0v) is 53.6. The summed E-state index contributed by atoms with van der Waals surface area (Å²) in [4.78, 5) is 84.9. The van der Waals surface area contributed by atoms with E-state index in [1.165, 1.54) is 46.8 Å². The van der Waals surface area contributed by atoms with E-state index < -0.39 is 133 Å². The van der Waals surface area contributed by atoms with Gasteiger partial charge in [-0.1, -0.05) is 31.9 Å². The highest BCUT2D eigenvalue weighted by Gasteiger charge is 2.58. The number of carbonyl (C=O) groups excluding carboxylic acids is 6. The number of nitrogens with one attached hydrogen (secondary N) is 5. The second kappa shape index (κ2) is 27.2. The van der Waals surface area contributed by atoms with Gasteiger partial charge in [-0.2, -0.15) is 33.7 Å². The molecule has 2 aliphatic heterocycles. The molecule has 2 unspecified atom stereocenters. The number of amides is 5. The Morgan fingerprint density at radius 1 is 0.700 bits per heavy atom. The number of hydrogen-bond donors (Lipinski definition) is 11. The maximum atomic E-state index is 18.3. The summed E-state index contributed by atoms with van der Waals surface area (Å²) in [5, 5.41) is 31.8. The second-order valence-corrected chi connectivity index (χ2v) is 29.4. The lowest BCUT2D eigenvalue weighted by Crippen LogP contribution is -2.57. The van der Waals surface area contributed by atoms with Crippen LogP contribution in [0.15, 0.2) is 67.3 Å². The van der Waals surface area contributed by atoms with Crippen LogP contribution < -0.4 is 31.4 Å². The third-order valence-corrected chi connectivity index (χ3v) is 21.1. The van der Waals surface area contributed by atoms with Crippen molar-refractivity contribution in [2.45, 2.75) is 113 Å². The summed E-state index contributed by atoms with van der Waals surface area (Å²) >= 11 is 0.867. The summed E-state index contributed by atoms with van der Waals surface area (Å²) in [5.74, 6) is -10.1. The van der Waals surface area contributed by atoms with E-state index >= 15 is 8.63 Å². The van der Waals surface area contributed by atoms with E-state index in [1.54, 1.807) is 0 Å². The van der Waals surface area contributed by atoms with E-state index in [-0.39, 0.29) is 129 Å². The van der Waals surface area contributed by atoms with Gasteiger partial charge in [0.05, 0.1) is 32.0 Å². The van der Waals surface area contributed by atoms with Gasteiger partial charge in [-0.3, -0.25) is 42.2 Å². The zero-order chi connectivity index (χ0) is 66.9. The molecular weight excluding hydrogens is 1310 g/mol. The fourth-order valence-corrected chi connectivity index (χ4v) is 15.9. The molecule has 490 valence electrons. The van der Waals surface area contributed by atoms with Crippen LogP contribution in [0.5, 0.6) is 11.8 Å². The van der Waals surface area contributed by atoms with Gasteiger partial charge in [0.15, 0.2) is 5.70 Å². The number of carbonyl (C=O) groups is 6. The van der Waals surface area contributed by atoms with Gasteiger partial charge in [0.2, 0.25) is 29.5 Å². The highest BCUT2D eigenvalue weighted by atomic mass is 32.3. The first-order valence-corrected chi connectivity index (χ1v) is 35.2. The molecule has 7 rings (SSSR count). The molecule has 11 N–H and O–H groups in total. The van der Waals surface area contributed by atoms with Crippen LogP contribution in [0.2, 0.25) is 0 Å². The molecule has 5 amide bonds. The third kappa shape index (κ3) is 15.3. The van der Waals surface area contributed by atoms with Crippen LogP contribution in [0, 0.1) is 13.8 Å². The van der Waals surface area contributed by atoms with Crippen LogP contribution in [0.4, 0.5) is 8.63 Å². The van der Waals surface area contributed by atoms with Gasteiger partial charge < -0.3 is 59.2 Å². The molecule has 0 saturated carbocycles. The molecule has 4 aromatic heterocycles. The van der Waals surface area contributed by atoms with Crippen molar-refractivity contribution >= 4 is 122 Å². The Bertz CT molecular complexity index is 4270. The minimum absolute atomic E-state index is 0.00434. The molecule has 4 aromatic rings. The van der Waals surface area contributed by atoms with Crippen molar-refractivity contribution in [2.75, 3.05) is 31.1 Å². The molecular formula is C52H63BF2N8O21S6. The predicted octanol–water partition coefficient (Wildman–Crippen LogP) is 3.51. The average molecular weight is 1380 g/mol. The summed E-state index contributed by atoms with van der Waals surface area (Å²) in [6.45, 7) is 3.68. The molecule has 29 nitrogen and oxygen atoms in total. The first-order valence-electron chi connectivity index (χ1n) is 27.5. The largest absolute Gasteiger partial charge is 0.737 e. The SMILES string of the molecule is CCCCNC(=O)c1cc(S(=O)(=O)O)sc1C1=C(C)C2=C(C3=CC=C(C(=O)On4c(O)ccc4O)CC3)c3c(C)c(-c4sc(S(=O)(=O)O)cc4C(=O)NCCCCCC(=O)NC(CS(=O)(=O)O)C(=O)NC(CS(=O)(=O)O)C(=O)NCC)c(C)n3[B-](F)(F)[N+]2=C1C. The number of likely N-dealkylation sites (N-methyl/N-ethyl adjacent to an activating group) is 1. The van der Waals surface area contributed by atoms with Crippen molar-refractivity contribution in [1.82, 2.24) is 35.8 Å². The van der Waals surface area contributed by atoms with E-state index in [1.807, 2.05) is 12.2 Å². The monoisotopic (exact) mass is 1380 g/mol. The quantitative estimate of drug-likeness (QED) is 0.0231. The Morgan fingerprint density at radius 3 is 1.77 bits per heavy atom. The Balaban J connectivity index is 1.24. The number of unbranched alkanes of at least 4 members (excludes halogenated alkanes) is 3. The van der Waals surface area contributed by atoms with Gasteiger partial charge in [0.1, 0.15) is 37.7 Å². The lowest BCUT2D eigenvalue weighted by Gasteiger charge is -2.34. The van der Waals surface area contributed by atoms with Crippen LogP contribution in [-0.4, -0.2) is 167 Å². The Morgan fingerprint density at radius 2 is 1.24 bits per heavy atom. The number of fused-ring (bicyclic) bond motifs is 2. The Labute approximate surface area is 522 Å². The average Bonchev–Trinajstić information content (AvgIpc) is 1.51. The van der Waals surface area contributed by atoms with E-state index in [0.29, 0.717) is 50.3 Å². The topological polar surface area (TPSA) is 443 Å². The second-order valence-electron chi connectivity index (χ2n) is 21.0. The van der Waals surface area contributed by atoms with Crippen molar-refractivity contribution in [3.05, 3.63) is 91.8 Å². The number of halogens is 2. The van der Waals surface area contributed by atoms with Crippen molar-refractivity contribution < 1.29 is 109 Å². The van der Waals surface area contributed by atoms with Crippen molar-refractivity contribution in [2.24, 2.45) is 0 Å². The van der Waals surface area contributed by atoms with Crippen molar-refractivity contribution in [1.29, 1.82) is 0 Å². The summed E-state index contributed by atoms with van der Waals surface area (Å²) in [6.07, 6.45) is 3.62. The summed E-state index contributed by atoms with van der Waals surface area (Å²) < 4.78 is 174. The molecule has 90 heavy (non-hydrogen) atoms. The smallest absolute Gasteiger partial charge is 0.492 e. The molecule has 6 heterocycles. The van der Waals surface area contributed by atoms with E-state index in [2.05, 4.69) is 21.3 Å². The Kier molecular flexibility index (Phi) is 21.2. The van der Waals surface area contributed by atoms with Gasteiger partial charge in [-0.25, -0.2) is 4.79 Å². The molecule has 0 bridgehead atoms. The summed E-state index contributed by atoms with van der Waals surface area (Å²) in [6, 6.07) is -0.0883. The number of thiophene rings is 2. The van der Waals surface area contributed by atoms with Crippen LogP contribution in [0.1, 0.15) is 122 Å². The van der Waals surface area contributed by atoms with Gasteiger partial charge in [-0.15, -0.1) is 27.4 Å². The van der Waals surface area contributed by atoms with Crippen LogP contribution >= 0.6 is 22.7 Å². The molecule has 0 radical (unpaired) electrons. The number of aromatic hydroxyl groups is 2. The number of aromatic nitrogens is 2. The van der Waals surface area contributed by atoms with Crippen LogP contribution in [-0.2, 0) is 59.7 Å². The van der Waals surface area contributed by atoms with Gasteiger partial charge in [-0.05, 0) is 88.8 Å². The molecule has 1 aliphatic carbocycles. The third-order valence-electron chi connectivity index (χ3n) is 14.6. The Hall–Kier alpha value is -7.43. The number of hydrogen-bond acceptors (Lipinski definition) is 19. The number of nitrogens with zero attached hydrogens (tertiary/aromatic N) is 3. The summed E-state index contributed by atoms with van der Waals surface area (Å²) in [7, 11) is -19.9. The molecule has 0 aromatic carbocycles. The minimum Gasteiger partial charge on any atom is -0.492 e. The molecule has 0 saturated heterocycles. The van der Waals surface area contributed by atoms with Crippen molar-refractivity contribution in [3.63, 3.8) is 0 Å². The van der Waals surface area contributed by atoms with Gasteiger partial charge in [0.25, 0.3) is 32.1 Å². The number of allylic oxidation sites excluding steroid dienone is 6. The van der Waals surface area contributed by atoms with Gasteiger partial charge >= 0.3 is 33.2 Å². The zero-order valence-electron chi connectivity index (χ0n) is 48.7.